The van der Waals surface area contributed by atoms with Gasteiger partial charge in [0, 0.05) is 19.3 Å². The zero-order valence-electron chi connectivity index (χ0n) is 40.5. The predicted molar refractivity (Wildman–Crippen MR) is 270 cm³/mol. The van der Waals surface area contributed by atoms with Crippen molar-refractivity contribution in [1.29, 1.82) is 0 Å². The number of hydrogen-bond donors (Lipinski definition) is 0. The van der Waals surface area contributed by atoms with Crippen LogP contribution in [0.3, 0.4) is 0 Å². The number of unbranched alkanes of at least 4 members (excludes halogenated alkanes) is 21. The quantitative estimate of drug-likeness (QED) is 0.0199. The Bertz CT molecular complexity index is 1330. The Balaban J connectivity index is 4.50. The van der Waals surface area contributed by atoms with Crippen molar-refractivity contribution in [3.8, 4) is 0 Å². The van der Waals surface area contributed by atoms with Gasteiger partial charge in [-0.1, -0.05) is 226 Å². The number of carbonyl (C=O) groups excluding carboxylic acids is 3. The molecule has 0 saturated carbocycles. The molecule has 0 aliphatic rings. The van der Waals surface area contributed by atoms with E-state index in [2.05, 4.69) is 75.5 Å². The van der Waals surface area contributed by atoms with Gasteiger partial charge in [0.2, 0.25) is 0 Å². The zero-order valence-corrected chi connectivity index (χ0v) is 40.5. The van der Waals surface area contributed by atoms with Crippen LogP contribution in [0.15, 0.2) is 109 Å². The summed E-state index contributed by atoms with van der Waals surface area (Å²) >= 11 is 0. The molecule has 356 valence electrons. The van der Waals surface area contributed by atoms with Gasteiger partial charge in [-0.2, -0.15) is 0 Å². The number of ether oxygens (including phenoxy) is 3. The fraction of sp³-hybridized carbons (Fsp3) is 0.632. The van der Waals surface area contributed by atoms with Crippen LogP contribution in [-0.4, -0.2) is 37.2 Å². The third kappa shape index (κ3) is 49.0. The standard InChI is InChI=1S/C57H92O6/c1-4-7-10-13-16-19-22-25-27-28-30-32-35-38-41-44-47-50-56(59)62-53-54(52-61-55(58)49-46-43-40-37-34-31-24-21-18-15-12-9-6-3)63-57(60)51-48-45-42-39-36-33-29-26-23-20-17-14-11-8-5-2/h8-9,11-12,14-15,17-18,20-21,23-25,27,31,34,37,40,54H,4-7,10,13,16,19,22,26,28-30,32-33,35-36,38-39,41-53H2,1-3H3/b11-8-,12-9-,17-14-,18-15-,23-20-,24-21-,27-25-,34-31-,40-37-. The third-order valence-electron chi connectivity index (χ3n) is 10.4. The van der Waals surface area contributed by atoms with Crippen LogP contribution >= 0.6 is 0 Å². The summed E-state index contributed by atoms with van der Waals surface area (Å²) in [5, 5.41) is 0. The van der Waals surface area contributed by atoms with Gasteiger partial charge in [0.05, 0.1) is 0 Å². The van der Waals surface area contributed by atoms with Crippen LogP contribution in [0.5, 0.6) is 0 Å². The van der Waals surface area contributed by atoms with Gasteiger partial charge >= 0.3 is 17.9 Å². The second-order valence-electron chi connectivity index (χ2n) is 16.5. The van der Waals surface area contributed by atoms with Crippen molar-refractivity contribution >= 4 is 17.9 Å². The summed E-state index contributed by atoms with van der Waals surface area (Å²) in [6.07, 6.45) is 67.9. The molecule has 0 spiro atoms. The molecule has 0 aromatic rings. The largest absolute Gasteiger partial charge is 0.462 e. The Morgan fingerprint density at radius 3 is 1.08 bits per heavy atom. The lowest BCUT2D eigenvalue weighted by molar-refractivity contribution is -0.167. The van der Waals surface area contributed by atoms with Gasteiger partial charge in [-0.3, -0.25) is 14.4 Å². The highest BCUT2D eigenvalue weighted by molar-refractivity contribution is 5.71. The number of hydrogen-bond acceptors (Lipinski definition) is 6. The third-order valence-corrected chi connectivity index (χ3v) is 10.4. The second-order valence-corrected chi connectivity index (χ2v) is 16.5. The van der Waals surface area contributed by atoms with Gasteiger partial charge in [0.15, 0.2) is 6.10 Å². The van der Waals surface area contributed by atoms with E-state index >= 15 is 0 Å². The highest BCUT2D eigenvalue weighted by Gasteiger charge is 2.19. The molecule has 6 heteroatoms. The summed E-state index contributed by atoms with van der Waals surface area (Å²) in [7, 11) is 0. The van der Waals surface area contributed by atoms with Crippen LogP contribution in [0.25, 0.3) is 0 Å². The molecule has 1 atom stereocenters. The van der Waals surface area contributed by atoms with E-state index in [4.69, 9.17) is 14.2 Å². The first kappa shape index (κ1) is 59.1. The Morgan fingerprint density at radius 1 is 0.333 bits per heavy atom. The van der Waals surface area contributed by atoms with E-state index in [1.165, 1.54) is 96.3 Å². The average Bonchev–Trinajstić information content (AvgIpc) is 3.28. The maximum absolute atomic E-state index is 12.8. The smallest absolute Gasteiger partial charge is 0.306 e. The number of esters is 3. The molecular weight excluding hydrogens is 781 g/mol. The van der Waals surface area contributed by atoms with Crippen molar-refractivity contribution in [2.75, 3.05) is 13.2 Å². The Morgan fingerprint density at radius 2 is 0.651 bits per heavy atom. The van der Waals surface area contributed by atoms with Crippen LogP contribution < -0.4 is 0 Å². The fourth-order valence-corrected chi connectivity index (χ4v) is 6.64. The first-order valence-corrected chi connectivity index (χ1v) is 25.5. The molecule has 63 heavy (non-hydrogen) atoms. The molecule has 0 fully saturated rings. The van der Waals surface area contributed by atoms with Gasteiger partial charge in [-0.05, 0) is 77.0 Å². The average molecular weight is 873 g/mol. The Labute approximate surface area is 387 Å². The summed E-state index contributed by atoms with van der Waals surface area (Å²) in [5.41, 5.74) is 0. The van der Waals surface area contributed by atoms with Gasteiger partial charge in [-0.15, -0.1) is 0 Å². The fourth-order valence-electron chi connectivity index (χ4n) is 6.64. The molecule has 0 N–H and O–H groups in total. The minimum Gasteiger partial charge on any atom is -0.462 e. The summed E-state index contributed by atoms with van der Waals surface area (Å²) in [6.45, 7) is 6.27. The van der Waals surface area contributed by atoms with Crippen molar-refractivity contribution in [2.45, 2.75) is 219 Å². The van der Waals surface area contributed by atoms with E-state index < -0.39 is 6.10 Å². The van der Waals surface area contributed by atoms with Gasteiger partial charge in [0.25, 0.3) is 0 Å². The van der Waals surface area contributed by atoms with Crippen molar-refractivity contribution in [3.05, 3.63) is 109 Å². The molecule has 0 aromatic carbocycles. The first-order chi connectivity index (χ1) is 31.0. The molecule has 0 heterocycles. The molecule has 6 nitrogen and oxygen atoms in total. The number of carbonyl (C=O) groups is 3. The van der Waals surface area contributed by atoms with Crippen molar-refractivity contribution < 1.29 is 28.6 Å². The van der Waals surface area contributed by atoms with E-state index in [1.807, 2.05) is 54.7 Å². The Kier molecular flexibility index (Phi) is 47.5. The molecule has 0 aliphatic heterocycles. The SMILES string of the molecule is CC\C=C/C=C\C=C/C=C\C=C/CCCC(=O)OCC(COC(=O)CCCCCCCCC/C=C\CCCCCCCC)OC(=O)CCCCCCCCC\C=C/C=C\C=C/CC. The van der Waals surface area contributed by atoms with Crippen LogP contribution in [0, 0.1) is 0 Å². The summed E-state index contributed by atoms with van der Waals surface area (Å²) < 4.78 is 16.7. The normalized spacial score (nSPS) is 13.0. The summed E-state index contributed by atoms with van der Waals surface area (Å²) in [4.78, 5) is 37.9. The van der Waals surface area contributed by atoms with Gasteiger partial charge in [0.1, 0.15) is 13.2 Å². The minimum atomic E-state index is -0.816. The van der Waals surface area contributed by atoms with Gasteiger partial charge < -0.3 is 14.2 Å². The molecule has 0 saturated heterocycles. The van der Waals surface area contributed by atoms with Crippen LogP contribution in [0.2, 0.25) is 0 Å². The van der Waals surface area contributed by atoms with Crippen LogP contribution in [-0.2, 0) is 28.6 Å². The van der Waals surface area contributed by atoms with E-state index in [-0.39, 0.29) is 37.5 Å². The van der Waals surface area contributed by atoms with Crippen molar-refractivity contribution in [1.82, 2.24) is 0 Å². The zero-order chi connectivity index (χ0) is 45.8. The lowest BCUT2D eigenvalue weighted by Gasteiger charge is -2.18. The molecule has 0 aromatic heterocycles. The van der Waals surface area contributed by atoms with Crippen LogP contribution in [0.4, 0.5) is 0 Å². The summed E-state index contributed by atoms with van der Waals surface area (Å²) in [5.74, 6) is -1.01. The van der Waals surface area contributed by atoms with E-state index in [9.17, 15) is 14.4 Å². The molecule has 0 radical (unpaired) electrons. The number of allylic oxidation sites excluding steroid dienone is 18. The molecule has 0 bridgehead atoms. The van der Waals surface area contributed by atoms with Crippen molar-refractivity contribution in [2.24, 2.45) is 0 Å². The van der Waals surface area contributed by atoms with E-state index in [0.29, 0.717) is 19.3 Å². The Hall–Kier alpha value is -3.93. The molecule has 1 unspecified atom stereocenters. The van der Waals surface area contributed by atoms with Crippen LogP contribution in [0.1, 0.15) is 213 Å². The maximum Gasteiger partial charge on any atom is 0.306 e. The van der Waals surface area contributed by atoms with E-state index in [0.717, 1.165) is 70.6 Å². The second kappa shape index (κ2) is 50.7. The topological polar surface area (TPSA) is 78.9 Å². The predicted octanol–water partition coefficient (Wildman–Crippen LogP) is 16.8. The number of rotatable bonds is 44. The lowest BCUT2D eigenvalue weighted by Crippen LogP contribution is -2.30. The molecule has 0 amide bonds. The van der Waals surface area contributed by atoms with E-state index in [1.54, 1.807) is 0 Å². The monoisotopic (exact) mass is 873 g/mol. The molecule has 0 rings (SSSR count). The minimum absolute atomic E-state index is 0.110. The summed E-state index contributed by atoms with van der Waals surface area (Å²) in [6, 6.07) is 0. The first-order valence-electron chi connectivity index (χ1n) is 25.5. The molecular formula is C57H92O6. The lowest BCUT2D eigenvalue weighted by atomic mass is 10.1. The maximum atomic E-state index is 12.8. The van der Waals surface area contributed by atoms with Gasteiger partial charge in [-0.25, -0.2) is 0 Å². The highest BCUT2D eigenvalue weighted by atomic mass is 16.6. The molecule has 0 aliphatic carbocycles. The van der Waals surface area contributed by atoms with Crippen molar-refractivity contribution in [3.63, 3.8) is 0 Å². The highest BCUT2D eigenvalue weighted by Crippen LogP contribution is 2.14.